The quantitative estimate of drug-likeness (QED) is 0.903. The summed E-state index contributed by atoms with van der Waals surface area (Å²) in [4.78, 5) is 2.20. The molecule has 1 aliphatic rings. The molecule has 0 aromatic heterocycles. The van der Waals surface area contributed by atoms with Gasteiger partial charge in [-0.25, -0.2) is 8.78 Å². The third kappa shape index (κ3) is 3.98. The number of nitrogens with zero attached hydrogens (tertiary/aromatic N) is 1. The van der Waals surface area contributed by atoms with E-state index in [1.54, 1.807) is 12.1 Å². The predicted molar refractivity (Wildman–Crippen MR) is 72.9 cm³/mol. The fourth-order valence-electron chi connectivity index (χ4n) is 2.68. The maximum Gasteiger partial charge on any atom is 0.163 e. The molecule has 2 rings (SSSR count). The highest BCUT2D eigenvalue weighted by atomic mass is 19.2. The Morgan fingerprint density at radius 3 is 2.89 bits per heavy atom. The molecule has 0 radical (unpaired) electrons. The van der Waals surface area contributed by atoms with Crippen LogP contribution in [-0.4, -0.2) is 30.6 Å². The van der Waals surface area contributed by atoms with Crippen LogP contribution in [0.5, 0.6) is 0 Å². The first-order valence-electron chi connectivity index (χ1n) is 6.95. The van der Waals surface area contributed by atoms with Crippen LogP contribution in [-0.2, 0) is 6.54 Å². The van der Waals surface area contributed by atoms with Crippen LogP contribution in [0.25, 0.3) is 0 Å². The average molecular weight is 268 g/mol. The summed E-state index contributed by atoms with van der Waals surface area (Å²) < 4.78 is 26.8. The fraction of sp³-hybridized carbons (Fsp3) is 0.600. The summed E-state index contributed by atoms with van der Waals surface area (Å²) in [5.74, 6) is -0.823. The molecular weight excluding hydrogens is 246 g/mol. The van der Waals surface area contributed by atoms with Gasteiger partial charge in [-0.2, -0.15) is 0 Å². The van der Waals surface area contributed by atoms with E-state index < -0.39 is 11.6 Å². The zero-order valence-corrected chi connectivity index (χ0v) is 11.6. The molecule has 0 saturated carbocycles. The Morgan fingerprint density at radius 2 is 2.16 bits per heavy atom. The summed E-state index contributed by atoms with van der Waals surface area (Å²) in [6.07, 6.45) is 1.11. The highest BCUT2D eigenvalue weighted by molar-refractivity contribution is 5.18. The van der Waals surface area contributed by atoms with Gasteiger partial charge < -0.3 is 5.32 Å². The average Bonchev–Trinajstić information content (AvgIpc) is 2.35. The van der Waals surface area contributed by atoms with E-state index in [2.05, 4.69) is 24.1 Å². The molecule has 1 aromatic rings. The molecule has 1 aliphatic heterocycles. The molecule has 0 spiro atoms. The first-order valence-corrected chi connectivity index (χ1v) is 6.95. The van der Waals surface area contributed by atoms with Crippen molar-refractivity contribution in [1.29, 1.82) is 0 Å². The van der Waals surface area contributed by atoms with Crippen molar-refractivity contribution in [3.05, 3.63) is 35.4 Å². The maximum absolute atomic E-state index is 13.6. The minimum Gasteiger partial charge on any atom is -0.311 e. The Hall–Kier alpha value is -1.00. The number of benzene rings is 1. The number of rotatable bonds is 4. The molecule has 1 saturated heterocycles. The molecule has 19 heavy (non-hydrogen) atoms. The van der Waals surface area contributed by atoms with Crippen molar-refractivity contribution in [2.45, 2.75) is 32.9 Å². The van der Waals surface area contributed by atoms with Gasteiger partial charge in [-0.05, 0) is 18.4 Å². The van der Waals surface area contributed by atoms with Gasteiger partial charge in [0.15, 0.2) is 11.6 Å². The van der Waals surface area contributed by atoms with E-state index in [1.165, 1.54) is 0 Å². The van der Waals surface area contributed by atoms with Gasteiger partial charge in [-0.1, -0.05) is 26.0 Å². The fourth-order valence-corrected chi connectivity index (χ4v) is 2.68. The predicted octanol–water partition coefficient (Wildman–Crippen LogP) is 2.78. The summed E-state index contributed by atoms with van der Waals surface area (Å²) in [6, 6.07) is 4.85. The minimum atomic E-state index is -0.758. The zero-order chi connectivity index (χ0) is 13.8. The maximum atomic E-state index is 13.6. The van der Waals surface area contributed by atoms with Crippen molar-refractivity contribution in [2.75, 3.05) is 19.6 Å². The normalized spacial score (nSPS) is 21.0. The van der Waals surface area contributed by atoms with Gasteiger partial charge in [0.25, 0.3) is 0 Å². The number of halogens is 2. The number of nitrogens with one attached hydrogen (secondary N) is 1. The third-order valence-corrected chi connectivity index (χ3v) is 3.52. The topological polar surface area (TPSA) is 15.3 Å². The molecule has 1 atom stereocenters. The Labute approximate surface area is 113 Å². The Kier molecular flexibility index (Phi) is 4.88. The highest BCUT2D eigenvalue weighted by Crippen LogP contribution is 2.16. The van der Waals surface area contributed by atoms with Crippen molar-refractivity contribution < 1.29 is 8.78 Å². The lowest BCUT2D eigenvalue weighted by molar-refractivity contribution is 0.177. The van der Waals surface area contributed by atoms with Crippen LogP contribution in [0.2, 0.25) is 0 Å². The van der Waals surface area contributed by atoms with Gasteiger partial charge in [0.2, 0.25) is 0 Å². The molecule has 1 unspecified atom stereocenters. The van der Waals surface area contributed by atoms with Gasteiger partial charge in [-0.3, -0.25) is 4.90 Å². The molecule has 0 amide bonds. The first kappa shape index (κ1) is 14.4. The molecule has 4 heteroatoms. The van der Waals surface area contributed by atoms with Gasteiger partial charge in [0.05, 0.1) is 0 Å². The molecule has 2 nitrogen and oxygen atoms in total. The molecule has 106 valence electrons. The van der Waals surface area contributed by atoms with E-state index in [9.17, 15) is 8.78 Å². The second-order valence-corrected chi connectivity index (χ2v) is 5.73. The minimum absolute atomic E-state index is 0.449. The Morgan fingerprint density at radius 1 is 1.37 bits per heavy atom. The van der Waals surface area contributed by atoms with Gasteiger partial charge in [-0.15, -0.1) is 0 Å². The van der Waals surface area contributed by atoms with Crippen LogP contribution < -0.4 is 5.32 Å². The smallest absolute Gasteiger partial charge is 0.163 e. The van der Waals surface area contributed by atoms with Crippen molar-refractivity contribution >= 4 is 0 Å². The number of piperazine rings is 1. The second-order valence-electron chi connectivity index (χ2n) is 5.73. The molecule has 0 bridgehead atoms. The van der Waals surface area contributed by atoms with Crippen molar-refractivity contribution in [2.24, 2.45) is 5.92 Å². The summed E-state index contributed by atoms with van der Waals surface area (Å²) in [5.41, 5.74) is 0.449. The summed E-state index contributed by atoms with van der Waals surface area (Å²) in [5, 5.41) is 3.48. The molecule has 1 fully saturated rings. The van der Waals surface area contributed by atoms with E-state index in [-0.39, 0.29) is 0 Å². The highest BCUT2D eigenvalue weighted by Gasteiger charge is 2.21. The molecular formula is C15H22F2N2. The standard InChI is InChI=1S/C15H22F2N2/c1-11(2)8-13-10-19(7-6-18-13)9-12-4-3-5-14(16)15(12)17/h3-5,11,13,18H,6-10H2,1-2H3. The number of hydrogen-bond acceptors (Lipinski definition) is 2. The molecule has 1 N–H and O–H groups in total. The zero-order valence-electron chi connectivity index (χ0n) is 11.6. The SMILES string of the molecule is CC(C)CC1CN(Cc2cccc(F)c2F)CCN1. The van der Waals surface area contributed by atoms with E-state index >= 15 is 0 Å². The van der Waals surface area contributed by atoms with Crippen LogP contribution >= 0.6 is 0 Å². The van der Waals surface area contributed by atoms with Gasteiger partial charge in [0, 0.05) is 37.8 Å². The largest absolute Gasteiger partial charge is 0.311 e. The van der Waals surface area contributed by atoms with E-state index in [0.29, 0.717) is 24.1 Å². The van der Waals surface area contributed by atoms with Crippen molar-refractivity contribution in [1.82, 2.24) is 10.2 Å². The van der Waals surface area contributed by atoms with Crippen LogP contribution in [0.3, 0.4) is 0 Å². The number of hydrogen-bond donors (Lipinski definition) is 1. The Bertz CT molecular complexity index is 421. The monoisotopic (exact) mass is 268 g/mol. The molecule has 1 aromatic carbocycles. The third-order valence-electron chi connectivity index (χ3n) is 3.52. The van der Waals surface area contributed by atoms with Gasteiger partial charge in [0.1, 0.15) is 0 Å². The Balaban J connectivity index is 1.97. The van der Waals surface area contributed by atoms with Crippen LogP contribution in [0.4, 0.5) is 8.78 Å². The van der Waals surface area contributed by atoms with Crippen LogP contribution in [0.1, 0.15) is 25.8 Å². The first-order chi connectivity index (χ1) is 9.06. The van der Waals surface area contributed by atoms with E-state index in [1.807, 2.05) is 0 Å². The van der Waals surface area contributed by atoms with Crippen molar-refractivity contribution in [3.63, 3.8) is 0 Å². The summed E-state index contributed by atoms with van der Waals surface area (Å²) in [7, 11) is 0. The van der Waals surface area contributed by atoms with E-state index in [4.69, 9.17) is 0 Å². The summed E-state index contributed by atoms with van der Waals surface area (Å²) in [6.45, 7) is 7.58. The molecule has 0 aliphatic carbocycles. The lowest BCUT2D eigenvalue weighted by Crippen LogP contribution is -2.50. The summed E-state index contributed by atoms with van der Waals surface area (Å²) >= 11 is 0. The van der Waals surface area contributed by atoms with Gasteiger partial charge >= 0.3 is 0 Å². The molecule has 1 heterocycles. The van der Waals surface area contributed by atoms with Crippen LogP contribution in [0, 0.1) is 17.6 Å². The second kappa shape index (κ2) is 6.44. The van der Waals surface area contributed by atoms with E-state index in [0.717, 1.165) is 32.1 Å². The van der Waals surface area contributed by atoms with Crippen LogP contribution in [0.15, 0.2) is 18.2 Å². The van der Waals surface area contributed by atoms with Crippen molar-refractivity contribution in [3.8, 4) is 0 Å². The lowest BCUT2D eigenvalue weighted by atomic mass is 10.0. The lowest BCUT2D eigenvalue weighted by Gasteiger charge is -2.34.